The minimum atomic E-state index is -1.32. The first-order chi connectivity index (χ1) is 22.5. The number of nitrogens with one attached hydrogen (secondary N) is 1. The summed E-state index contributed by atoms with van der Waals surface area (Å²) in [6, 6.07) is 30.6. The first-order valence-corrected chi connectivity index (χ1v) is 15.8. The molecule has 1 aliphatic rings. The zero-order valence-electron chi connectivity index (χ0n) is 25.8. The quantitative estimate of drug-likeness (QED) is 0.140. The van der Waals surface area contributed by atoms with Gasteiger partial charge in [-0.05, 0) is 65.2 Å². The Balaban J connectivity index is 1.51. The van der Waals surface area contributed by atoms with Gasteiger partial charge in [0.1, 0.15) is 5.75 Å². The van der Waals surface area contributed by atoms with Gasteiger partial charge in [-0.25, -0.2) is 4.99 Å². The molecule has 0 spiro atoms. The number of rotatable bonds is 14. The molecule has 46 heavy (non-hydrogen) atoms. The molecule has 8 nitrogen and oxygen atoms in total. The lowest BCUT2D eigenvalue weighted by Crippen LogP contribution is -2.47. The second kappa shape index (κ2) is 15.6. The van der Waals surface area contributed by atoms with E-state index in [2.05, 4.69) is 21.2 Å². The topological polar surface area (TPSA) is 98.6 Å². The SMILES string of the molecule is COc1ccc(CNC(=O)[C@]2(C/C=C/c3ccccc3)N=C(c3ccc(OCCCO)cc3)O[C@@H]2c2ccc(Br)cc2)cc1OC. The van der Waals surface area contributed by atoms with Crippen LogP contribution in [0.3, 0.4) is 0 Å². The van der Waals surface area contributed by atoms with E-state index in [1.165, 1.54) is 0 Å². The zero-order valence-corrected chi connectivity index (χ0v) is 27.4. The van der Waals surface area contributed by atoms with Crippen LogP contribution < -0.4 is 19.5 Å². The largest absolute Gasteiger partial charge is 0.494 e. The third-order valence-electron chi connectivity index (χ3n) is 7.64. The highest BCUT2D eigenvalue weighted by Crippen LogP contribution is 2.43. The normalized spacial score (nSPS) is 17.3. The number of amides is 1. The standard InChI is InChI=1S/C37H37BrN2O6/c1-43-32-20-11-27(24-33(32)44-2)25-39-36(42)37(21-6-10-26-8-4-3-5-9-26)34(28-12-16-30(38)17-13-28)46-35(40-37)29-14-18-31(19-15-29)45-23-7-22-41/h3-6,8-20,24,34,41H,7,21-23,25H2,1-2H3,(H,39,42)/b10-6+/t34-,37-/m1/s1. The summed E-state index contributed by atoms with van der Waals surface area (Å²) in [5.74, 6) is 1.95. The average molecular weight is 686 g/mol. The minimum Gasteiger partial charge on any atom is -0.494 e. The van der Waals surface area contributed by atoms with Crippen LogP contribution in [-0.2, 0) is 16.1 Å². The van der Waals surface area contributed by atoms with E-state index in [1.807, 2.05) is 109 Å². The molecule has 9 heteroatoms. The highest BCUT2D eigenvalue weighted by Gasteiger charge is 2.52. The second-order valence-corrected chi connectivity index (χ2v) is 11.6. The minimum absolute atomic E-state index is 0.0645. The molecule has 5 rings (SSSR count). The monoisotopic (exact) mass is 684 g/mol. The fraction of sp³-hybridized carbons (Fsp3) is 0.243. The number of carbonyl (C=O) groups is 1. The van der Waals surface area contributed by atoms with Gasteiger partial charge in [0.25, 0.3) is 5.91 Å². The second-order valence-electron chi connectivity index (χ2n) is 10.7. The molecule has 0 unspecified atom stereocenters. The van der Waals surface area contributed by atoms with E-state index < -0.39 is 11.6 Å². The Morgan fingerprint density at radius 1 is 0.978 bits per heavy atom. The molecule has 238 valence electrons. The number of hydrogen-bond acceptors (Lipinski definition) is 7. The van der Waals surface area contributed by atoms with Gasteiger partial charge in [-0.15, -0.1) is 0 Å². The smallest absolute Gasteiger partial charge is 0.252 e. The zero-order chi connectivity index (χ0) is 32.4. The summed E-state index contributed by atoms with van der Waals surface area (Å²) in [4.78, 5) is 19.5. The molecule has 0 saturated heterocycles. The number of aliphatic imine (C=N–C) groups is 1. The lowest BCUT2D eigenvalue weighted by molar-refractivity contribution is -0.129. The number of aliphatic hydroxyl groups excluding tert-OH is 1. The molecule has 0 radical (unpaired) electrons. The van der Waals surface area contributed by atoms with Crippen molar-refractivity contribution in [2.24, 2.45) is 4.99 Å². The molecule has 2 N–H and O–H groups in total. The van der Waals surface area contributed by atoms with Gasteiger partial charge >= 0.3 is 0 Å². The molecule has 0 bridgehead atoms. The Hall–Kier alpha value is -4.60. The number of carbonyl (C=O) groups excluding carboxylic acids is 1. The van der Waals surface area contributed by atoms with Crippen LogP contribution >= 0.6 is 15.9 Å². The van der Waals surface area contributed by atoms with Crippen LogP contribution in [0.4, 0.5) is 0 Å². The van der Waals surface area contributed by atoms with Crippen LogP contribution in [0, 0.1) is 0 Å². The molecule has 2 atom stereocenters. The number of benzene rings is 4. The van der Waals surface area contributed by atoms with E-state index in [-0.39, 0.29) is 25.5 Å². The third kappa shape index (κ3) is 7.78. The molecule has 4 aromatic rings. The molecule has 0 fully saturated rings. The fourth-order valence-corrected chi connectivity index (χ4v) is 5.48. The molecule has 1 heterocycles. The van der Waals surface area contributed by atoms with Crippen LogP contribution in [0.15, 0.2) is 113 Å². The Morgan fingerprint density at radius 2 is 1.72 bits per heavy atom. The number of hydrogen-bond donors (Lipinski definition) is 2. The van der Waals surface area contributed by atoms with Crippen LogP contribution in [0.5, 0.6) is 17.2 Å². The van der Waals surface area contributed by atoms with Crippen LogP contribution in [0.1, 0.15) is 41.2 Å². The van der Waals surface area contributed by atoms with Crippen molar-refractivity contribution in [3.8, 4) is 17.2 Å². The van der Waals surface area contributed by atoms with Gasteiger partial charge in [0, 0.05) is 36.0 Å². The summed E-state index contributed by atoms with van der Waals surface area (Å²) in [7, 11) is 3.17. The summed E-state index contributed by atoms with van der Waals surface area (Å²) >= 11 is 3.52. The number of methoxy groups -OCH3 is 2. The van der Waals surface area contributed by atoms with Gasteiger partial charge in [0.2, 0.25) is 5.90 Å². The lowest BCUT2D eigenvalue weighted by atomic mass is 9.84. The fourth-order valence-electron chi connectivity index (χ4n) is 5.22. The van der Waals surface area contributed by atoms with Crippen molar-refractivity contribution in [2.75, 3.05) is 27.4 Å². The average Bonchev–Trinajstić information content (AvgIpc) is 3.49. The van der Waals surface area contributed by atoms with Crippen molar-refractivity contribution >= 4 is 33.8 Å². The first-order valence-electron chi connectivity index (χ1n) is 15.0. The van der Waals surface area contributed by atoms with Crippen molar-refractivity contribution in [1.29, 1.82) is 0 Å². The van der Waals surface area contributed by atoms with Crippen molar-refractivity contribution in [3.63, 3.8) is 0 Å². The summed E-state index contributed by atoms with van der Waals surface area (Å²) in [5, 5.41) is 12.2. The van der Waals surface area contributed by atoms with Gasteiger partial charge in [0.15, 0.2) is 23.1 Å². The molecule has 4 aromatic carbocycles. The number of ether oxygens (including phenoxy) is 4. The summed E-state index contributed by atoms with van der Waals surface area (Å²) in [6.45, 7) is 0.728. The highest BCUT2D eigenvalue weighted by molar-refractivity contribution is 9.10. The van der Waals surface area contributed by atoms with Crippen LogP contribution in [0.25, 0.3) is 6.08 Å². The van der Waals surface area contributed by atoms with E-state index in [9.17, 15) is 4.79 Å². The predicted octanol–water partition coefficient (Wildman–Crippen LogP) is 6.90. The van der Waals surface area contributed by atoms with Crippen LogP contribution in [0.2, 0.25) is 0 Å². The van der Waals surface area contributed by atoms with E-state index in [4.69, 9.17) is 29.0 Å². The van der Waals surface area contributed by atoms with Crippen LogP contribution in [-0.4, -0.2) is 49.9 Å². The maximum Gasteiger partial charge on any atom is 0.252 e. The highest BCUT2D eigenvalue weighted by atomic mass is 79.9. The summed E-state index contributed by atoms with van der Waals surface area (Å²) in [5.41, 5.74) is 2.09. The molecule has 0 aliphatic carbocycles. The predicted molar refractivity (Wildman–Crippen MR) is 182 cm³/mol. The summed E-state index contributed by atoms with van der Waals surface area (Å²) < 4.78 is 24.1. The van der Waals surface area contributed by atoms with E-state index >= 15 is 0 Å². The molecular formula is C37H37BrN2O6. The molecule has 0 aromatic heterocycles. The van der Waals surface area contributed by atoms with Crippen molar-refractivity contribution in [1.82, 2.24) is 5.32 Å². The molecular weight excluding hydrogens is 648 g/mol. The van der Waals surface area contributed by atoms with E-state index in [0.717, 1.165) is 26.7 Å². The van der Waals surface area contributed by atoms with Crippen molar-refractivity contribution in [2.45, 2.75) is 31.0 Å². The van der Waals surface area contributed by atoms with Gasteiger partial charge in [0.05, 0.1) is 20.8 Å². The van der Waals surface area contributed by atoms with E-state index in [1.54, 1.807) is 14.2 Å². The van der Waals surface area contributed by atoms with Gasteiger partial charge in [-0.3, -0.25) is 4.79 Å². The van der Waals surface area contributed by atoms with Gasteiger partial charge in [-0.1, -0.05) is 76.6 Å². The summed E-state index contributed by atoms with van der Waals surface area (Å²) in [6.07, 6.45) is 4.09. The lowest BCUT2D eigenvalue weighted by Gasteiger charge is -2.30. The first kappa shape index (κ1) is 32.8. The molecule has 0 saturated carbocycles. The Kier molecular flexibility index (Phi) is 11.1. The van der Waals surface area contributed by atoms with Crippen molar-refractivity contribution in [3.05, 3.63) is 130 Å². The maximum absolute atomic E-state index is 14.5. The van der Waals surface area contributed by atoms with Gasteiger partial charge in [-0.2, -0.15) is 0 Å². The Morgan fingerprint density at radius 3 is 2.41 bits per heavy atom. The Bertz CT molecular complexity index is 1660. The van der Waals surface area contributed by atoms with Crippen molar-refractivity contribution < 1.29 is 28.8 Å². The number of halogens is 1. The van der Waals surface area contributed by atoms with Gasteiger partial charge < -0.3 is 29.4 Å². The number of aliphatic hydroxyl groups is 1. The Labute approximate surface area is 277 Å². The number of nitrogens with zero attached hydrogens (tertiary/aromatic N) is 1. The maximum atomic E-state index is 14.5. The molecule has 1 aliphatic heterocycles. The third-order valence-corrected chi connectivity index (χ3v) is 8.17. The van der Waals surface area contributed by atoms with E-state index in [0.29, 0.717) is 36.2 Å². The molecule has 1 amide bonds.